The maximum atomic E-state index is 5.85. The number of benzene rings is 1. The lowest BCUT2D eigenvalue weighted by Crippen LogP contribution is -2.21. The van der Waals surface area contributed by atoms with Gasteiger partial charge in [-0.25, -0.2) is 0 Å². The van der Waals surface area contributed by atoms with Crippen molar-refractivity contribution >= 4 is 0 Å². The molecular weight excluding hydrogens is 266 g/mol. The minimum Gasteiger partial charge on any atom is -0.494 e. The lowest BCUT2D eigenvalue weighted by atomic mass is 10.1. The smallest absolute Gasteiger partial charge is 0.123 e. The molecule has 0 aliphatic rings. The van der Waals surface area contributed by atoms with Crippen molar-refractivity contribution in [3.8, 4) is 11.5 Å². The molecule has 0 spiro atoms. The molecule has 1 aromatic carbocycles. The molecule has 4 heteroatoms. The van der Waals surface area contributed by atoms with Gasteiger partial charge in [0.25, 0.3) is 0 Å². The molecule has 0 aromatic heterocycles. The van der Waals surface area contributed by atoms with E-state index in [2.05, 4.69) is 11.9 Å². The summed E-state index contributed by atoms with van der Waals surface area (Å²) in [6, 6.07) is 5.95. The van der Waals surface area contributed by atoms with Crippen molar-refractivity contribution in [2.45, 2.75) is 19.8 Å². The van der Waals surface area contributed by atoms with Gasteiger partial charge in [0, 0.05) is 19.2 Å². The maximum Gasteiger partial charge on any atom is 0.123 e. The van der Waals surface area contributed by atoms with Gasteiger partial charge in [-0.2, -0.15) is 0 Å². The van der Waals surface area contributed by atoms with Gasteiger partial charge in [-0.3, -0.25) is 0 Å². The van der Waals surface area contributed by atoms with Gasteiger partial charge in [0.05, 0.1) is 19.8 Å². The van der Waals surface area contributed by atoms with E-state index in [1.165, 1.54) is 0 Å². The zero-order valence-electron chi connectivity index (χ0n) is 13.2. The molecule has 0 atom stereocenters. The van der Waals surface area contributed by atoms with Crippen molar-refractivity contribution < 1.29 is 14.2 Å². The first kappa shape index (κ1) is 17.5. The predicted molar refractivity (Wildman–Crippen MR) is 86.4 cm³/mol. The van der Waals surface area contributed by atoms with E-state index in [4.69, 9.17) is 14.2 Å². The van der Waals surface area contributed by atoms with Crippen LogP contribution >= 0.6 is 0 Å². The average molecular weight is 293 g/mol. The molecule has 21 heavy (non-hydrogen) atoms. The summed E-state index contributed by atoms with van der Waals surface area (Å²) in [6.07, 6.45) is 3.62. The quantitative estimate of drug-likeness (QED) is 0.475. The van der Waals surface area contributed by atoms with Crippen LogP contribution in [0.2, 0.25) is 0 Å². The third-order valence-electron chi connectivity index (χ3n) is 2.95. The number of rotatable bonds is 12. The van der Waals surface area contributed by atoms with Crippen molar-refractivity contribution in [1.82, 2.24) is 5.32 Å². The van der Waals surface area contributed by atoms with E-state index >= 15 is 0 Å². The van der Waals surface area contributed by atoms with Crippen molar-refractivity contribution in [3.05, 3.63) is 36.4 Å². The Morgan fingerprint density at radius 3 is 2.76 bits per heavy atom. The highest BCUT2D eigenvalue weighted by Crippen LogP contribution is 2.25. The number of hydrogen-bond donors (Lipinski definition) is 1. The first-order valence-electron chi connectivity index (χ1n) is 7.50. The fourth-order valence-corrected chi connectivity index (χ4v) is 1.95. The Morgan fingerprint density at radius 2 is 2.05 bits per heavy atom. The summed E-state index contributed by atoms with van der Waals surface area (Å²) in [5.41, 5.74) is 1.11. The van der Waals surface area contributed by atoms with Gasteiger partial charge in [0.15, 0.2) is 0 Å². The van der Waals surface area contributed by atoms with E-state index in [1.54, 1.807) is 7.11 Å². The second-order valence-corrected chi connectivity index (χ2v) is 4.64. The zero-order chi connectivity index (χ0) is 15.3. The highest BCUT2D eigenvalue weighted by Gasteiger charge is 2.05. The van der Waals surface area contributed by atoms with Crippen LogP contribution in [0.5, 0.6) is 11.5 Å². The van der Waals surface area contributed by atoms with Gasteiger partial charge >= 0.3 is 0 Å². The van der Waals surface area contributed by atoms with E-state index in [9.17, 15) is 0 Å². The summed E-state index contributed by atoms with van der Waals surface area (Å²) >= 11 is 0. The summed E-state index contributed by atoms with van der Waals surface area (Å²) in [7, 11) is 1.71. The molecule has 0 unspecified atom stereocenters. The maximum absolute atomic E-state index is 5.85. The van der Waals surface area contributed by atoms with Gasteiger partial charge in [-0.05, 0) is 44.5 Å². The highest BCUT2D eigenvalue weighted by molar-refractivity contribution is 5.41. The summed E-state index contributed by atoms with van der Waals surface area (Å²) in [4.78, 5) is 0. The monoisotopic (exact) mass is 293 g/mol. The third-order valence-corrected chi connectivity index (χ3v) is 2.95. The van der Waals surface area contributed by atoms with Crippen LogP contribution < -0.4 is 14.8 Å². The first-order chi connectivity index (χ1) is 10.3. The fourth-order valence-electron chi connectivity index (χ4n) is 1.95. The molecule has 1 rings (SSSR count). The number of ether oxygens (including phenoxy) is 3. The summed E-state index contributed by atoms with van der Waals surface area (Å²) in [5.74, 6) is 1.79. The van der Waals surface area contributed by atoms with Crippen molar-refractivity contribution in [2.75, 3.05) is 40.0 Å². The van der Waals surface area contributed by atoms with Crippen LogP contribution in [-0.4, -0.2) is 40.0 Å². The number of nitrogens with one attached hydrogen (secondary N) is 1. The predicted octanol–water partition coefficient (Wildman–Crippen LogP) is 2.82. The Hall–Kier alpha value is -1.52. The topological polar surface area (TPSA) is 39.7 Å². The molecule has 0 saturated carbocycles. The molecular formula is C17H27NO3. The normalized spacial score (nSPS) is 10.4. The van der Waals surface area contributed by atoms with Crippen LogP contribution in [0.3, 0.4) is 0 Å². The van der Waals surface area contributed by atoms with Gasteiger partial charge < -0.3 is 19.5 Å². The summed E-state index contributed by atoms with van der Waals surface area (Å²) in [5, 5.41) is 3.30. The van der Waals surface area contributed by atoms with Crippen LogP contribution in [0.15, 0.2) is 30.9 Å². The number of hydrogen-bond acceptors (Lipinski definition) is 4. The fraction of sp³-hybridized carbons (Fsp3) is 0.529. The van der Waals surface area contributed by atoms with Crippen molar-refractivity contribution in [1.29, 1.82) is 0 Å². The lowest BCUT2D eigenvalue weighted by molar-refractivity contribution is 0.198. The lowest BCUT2D eigenvalue weighted by Gasteiger charge is -2.13. The molecule has 1 N–H and O–H groups in total. The molecule has 4 nitrogen and oxygen atoms in total. The third kappa shape index (κ3) is 7.16. The van der Waals surface area contributed by atoms with Crippen molar-refractivity contribution in [3.63, 3.8) is 0 Å². The summed E-state index contributed by atoms with van der Waals surface area (Å²) in [6.45, 7) is 9.68. The van der Waals surface area contributed by atoms with Gasteiger partial charge in [0.1, 0.15) is 11.5 Å². The molecule has 0 radical (unpaired) electrons. The standard InChI is InChI=1S/C17H27NO3/c1-4-7-15-14-16(20-5-2)8-9-17(15)21-12-6-10-18-11-13-19-3/h4,8-9,14,18H,1,5-7,10-13H2,2-3H3. The Bertz CT molecular complexity index is 407. The second kappa shape index (κ2) is 11.2. The second-order valence-electron chi connectivity index (χ2n) is 4.64. The van der Waals surface area contributed by atoms with E-state index in [0.29, 0.717) is 13.2 Å². The van der Waals surface area contributed by atoms with Crippen molar-refractivity contribution in [2.24, 2.45) is 0 Å². The molecule has 0 aliphatic heterocycles. The molecule has 0 saturated heterocycles. The van der Waals surface area contributed by atoms with Crippen LogP contribution in [0, 0.1) is 0 Å². The Labute approximate surface area is 128 Å². The Balaban J connectivity index is 2.40. The number of allylic oxidation sites excluding steroid dienone is 1. The van der Waals surface area contributed by atoms with E-state index in [0.717, 1.165) is 49.6 Å². The molecule has 1 aromatic rings. The Kier molecular flexibility index (Phi) is 9.33. The highest BCUT2D eigenvalue weighted by atomic mass is 16.5. The minimum absolute atomic E-state index is 0.668. The van der Waals surface area contributed by atoms with Crippen LogP contribution in [-0.2, 0) is 11.2 Å². The zero-order valence-corrected chi connectivity index (χ0v) is 13.2. The van der Waals surface area contributed by atoms with E-state index in [1.807, 2.05) is 31.2 Å². The molecule has 0 bridgehead atoms. The SMILES string of the molecule is C=CCc1cc(OCC)ccc1OCCCNCCOC. The molecule has 0 amide bonds. The number of methoxy groups -OCH3 is 1. The molecule has 0 aliphatic carbocycles. The van der Waals surface area contributed by atoms with Crippen LogP contribution in [0.4, 0.5) is 0 Å². The molecule has 0 fully saturated rings. The van der Waals surface area contributed by atoms with Crippen LogP contribution in [0.25, 0.3) is 0 Å². The molecule has 0 heterocycles. The van der Waals surface area contributed by atoms with Gasteiger partial charge in [-0.1, -0.05) is 6.08 Å². The van der Waals surface area contributed by atoms with Crippen LogP contribution in [0.1, 0.15) is 18.9 Å². The molecule has 118 valence electrons. The first-order valence-corrected chi connectivity index (χ1v) is 7.50. The average Bonchev–Trinajstić information content (AvgIpc) is 2.49. The minimum atomic E-state index is 0.668. The largest absolute Gasteiger partial charge is 0.494 e. The van der Waals surface area contributed by atoms with E-state index in [-0.39, 0.29) is 0 Å². The van der Waals surface area contributed by atoms with E-state index < -0.39 is 0 Å². The van der Waals surface area contributed by atoms with Gasteiger partial charge in [-0.15, -0.1) is 6.58 Å². The Morgan fingerprint density at radius 1 is 1.19 bits per heavy atom. The summed E-state index contributed by atoms with van der Waals surface area (Å²) < 4.78 is 16.3. The van der Waals surface area contributed by atoms with Gasteiger partial charge in [0.2, 0.25) is 0 Å².